The van der Waals surface area contributed by atoms with E-state index in [9.17, 15) is 4.79 Å². The molecule has 1 heterocycles. The first-order valence-electron chi connectivity index (χ1n) is 7.15. The Labute approximate surface area is 105 Å². The predicted octanol–water partition coefficient (Wildman–Crippen LogP) is 2.07. The van der Waals surface area contributed by atoms with E-state index in [1.807, 2.05) is 0 Å². The summed E-state index contributed by atoms with van der Waals surface area (Å²) in [5.41, 5.74) is 0. The molecule has 0 radical (unpaired) electrons. The summed E-state index contributed by atoms with van der Waals surface area (Å²) in [6.07, 6.45) is 7.60. The van der Waals surface area contributed by atoms with Crippen molar-refractivity contribution in [3.8, 4) is 0 Å². The van der Waals surface area contributed by atoms with E-state index in [0.717, 1.165) is 30.7 Å². The van der Waals surface area contributed by atoms with Crippen molar-refractivity contribution in [3.05, 3.63) is 0 Å². The van der Waals surface area contributed by atoms with E-state index < -0.39 is 0 Å². The Morgan fingerprint density at radius 2 is 1.82 bits per heavy atom. The molecule has 3 heteroatoms. The van der Waals surface area contributed by atoms with Crippen LogP contribution in [-0.2, 0) is 4.79 Å². The van der Waals surface area contributed by atoms with E-state index in [1.54, 1.807) is 6.92 Å². The van der Waals surface area contributed by atoms with Crippen molar-refractivity contribution in [1.82, 2.24) is 10.6 Å². The molecule has 0 aromatic rings. The molecule has 1 saturated carbocycles. The molecule has 2 unspecified atom stereocenters. The van der Waals surface area contributed by atoms with Gasteiger partial charge in [0.05, 0.1) is 0 Å². The second-order valence-corrected chi connectivity index (χ2v) is 6.01. The van der Waals surface area contributed by atoms with Crippen molar-refractivity contribution >= 4 is 5.91 Å². The van der Waals surface area contributed by atoms with Crippen molar-refractivity contribution in [2.24, 2.45) is 11.8 Å². The van der Waals surface area contributed by atoms with Gasteiger partial charge >= 0.3 is 0 Å². The lowest BCUT2D eigenvalue weighted by Crippen LogP contribution is -2.46. The molecule has 2 aliphatic rings. The number of piperidine rings is 1. The molecule has 2 rings (SSSR count). The van der Waals surface area contributed by atoms with Gasteiger partial charge in [0.1, 0.15) is 0 Å². The molecule has 3 nitrogen and oxygen atoms in total. The van der Waals surface area contributed by atoms with Gasteiger partial charge in [0.2, 0.25) is 5.91 Å². The van der Waals surface area contributed by atoms with Crippen molar-refractivity contribution in [2.75, 3.05) is 6.54 Å². The van der Waals surface area contributed by atoms with Gasteiger partial charge in [-0.2, -0.15) is 0 Å². The standard InChI is InChI=1S/C14H26N2O/c1-10-3-8-14(15-9-10)12-4-6-13(7-5-12)16-11(2)17/h10,12-15H,3-9H2,1-2H3,(H,16,17). The maximum Gasteiger partial charge on any atom is 0.217 e. The van der Waals surface area contributed by atoms with Crippen molar-refractivity contribution in [2.45, 2.75) is 64.5 Å². The third-order valence-corrected chi connectivity index (χ3v) is 4.45. The molecule has 2 fully saturated rings. The van der Waals surface area contributed by atoms with Gasteiger partial charge in [-0.15, -0.1) is 0 Å². The summed E-state index contributed by atoms with van der Waals surface area (Å²) in [5.74, 6) is 1.81. The number of carbonyl (C=O) groups is 1. The third-order valence-electron chi connectivity index (χ3n) is 4.45. The number of amides is 1. The molecule has 0 bridgehead atoms. The lowest BCUT2D eigenvalue weighted by Gasteiger charge is -2.38. The van der Waals surface area contributed by atoms with Gasteiger partial charge in [0.25, 0.3) is 0 Å². The SMILES string of the molecule is CC(=O)NC1CCC(C2CCC(C)CN2)CC1. The lowest BCUT2D eigenvalue weighted by atomic mass is 9.78. The van der Waals surface area contributed by atoms with E-state index in [-0.39, 0.29) is 5.91 Å². The van der Waals surface area contributed by atoms with Crippen LogP contribution in [0.3, 0.4) is 0 Å². The topological polar surface area (TPSA) is 41.1 Å². The summed E-state index contributed by atoms with van der Waals surface area (Å²) in [6, 6.07) is 1.18. The van der Waals surface area contributed by atoms with Gasteiger partial charge in [-0.1, -0.05) is 6.92 Å². The fourth-order valence-electron chi connectivity index (χ4n) is 3.38. The summed E-state index contributed by atoms with van der Waals surface area (Å²) in [7, 11) is 0. The summed E-state index contributed by atoms with van der Waals surface area (Å²) < 4.78 is 0. The monoisotopic (exact) mass is 238 g/mol. The Hall–Kier alpha value is -0.570. The predicted molar refractivity (Wildman–Crippen MR) is 69.8 cm³/mol. The second-order valence-electron chi connectivity index (χ2n) is 6.01. The number of hydrogen-bond acceptors (Lipinski definition) is 2. The van der Waals surface area contributed by atoms with Crippen LogP contribution in [0.1, 0.15) is 52.4 Å². The minimum Gasteiger partial charge on any atom is -0.354 e. The molecule has 17 heavy (non-hydrogen) atoms. The Bertz CT molecular complexity index is 251. The molecular weight excluding hydrogens is 212 g/mol. The first kappa shape index (κ1) is 12.9. The third kappa shape index (κ3) is 3.70. The lowest BCUT2D eigenvalue weighted by molar-refractivity contribution is -0.119. The summed E-state index contributed by atoms with van der Waals surface area (Å²) in [6.45, 7) is 5.14. The minimum atomic E-state index is 0.123. The van der Waals surface area contributed by atoms with Crippen LogP contribution < -0.4 is 10.6 Å². The summed E-state index contributed by atoms with van der Waals surface area (Å²) >= 11 is 0. The van der Waals surface area contributed by atoms with E-state index >= 15 is 0 Å². The van der Waals surface area contributed by atoms with E-state index in [2.05, 4.69) is 17.6 Å². The first-order chi connectivity index (χ1) is 8.15. The largest absolute Gasteiger partial charge is 0.354 e. The van der Waals surface area contributed by atoms with Crippen LogP contribution in [0.5, 0.6) is 0 Å². The molecule has 1 aliphatic heterocycles. The highest BCUT2D eigenvalue weighted by atomic mass is 16.1. The molecule has 2 atom stereocenters. The molecule has 0 aromatic heterocycles. The molecule has 1 saturated heterocycles. The maximum absolute atomic E-state index is 11.0. The zero-order valence-corrected chi connectivity index (χ0v) is 11.2. The first-order valence-corrected chi connectivity index (χ1v) is 7.15. The highest BCUT2D eigenvalue weighted by molar-refractivity contribution is 5.73. The fraction of sp³-hybridized carbons (Fsp3) is 0.929. The zero-order valence-electron chi connectivity index (χ0n) is 11.2. The quantitative estimate of drug-likeness (QED) is 0.773. The molecule has 0 spiro atoms. The number of carbonyl (C=O) groups excluding carboxylic acids is 1. The second kappa shape index (κ2) is 5.85. The average molecular weight is 238 g/mol. The Kier molecular flexibility index (Phi) is 4.43. The van der Waals surface area contributed by atoms with Crippen LogP contribution in [-0.4, -0.2) is 24.5 Å². The highest BCUT2D eigenvalue weighted by Gasteiger charge is 2.29. The number of hydrogen-bond donors (Lipinski definition) is 2. The van der Waals surface area contributed by atoms with Crippen LogP contribution in [0.2, 0.25) is 0 Å². The van der Waals surface area contributed by atoms with Gasteiger partial charge in [-0.3, -0.25) is 4.79 Å². The zero-order chi connectivity index (χ0) is 12.3. The number of nitrogens with one attached hydrogen (secondary N) is 2. The van der Waals surface area contributed by atoms with Gasteiger partial charge in [-0.05, 0) is 56.9 Å². The smallest absolute Gasteiger partial charge is 0.217 e. The van der Waals surface area contributed by atoms with E-state index in [0.29, 0.717) is 6.04 Å². The normalized spacial score (nSPS) is 38.7. The van der Waals surface area contributed by atoms with Crippen molar-refractivity contribution < 1.29 is 4.79 Å². The van der Waals surface area contributed by atoms with Gasteiger partial charge in [-0.25, -0.2) is 0 Å². The van der Waals surface area contributed by atoms with Crippen molar-refractivity contribution in [3.63, 3.8) is 0 Å². The van der Waals surface area contributed by atoms with Crippen molar-refractivity contribution in [1.29, 1.82) is 0 Å². The van der Waals surface area contributed by atoms with Gasteiger partial charge in [0.15, 0.2) is 0 Å². The number of rotatable bonds is 2. The average Bonchev–Trinajstić information content (AvgIpc) is 2.30. The van der Waals surface area contributed by atoms with Gasteiger partial charge in [0, 0.05) is 19.0 Å². The van der Waals surface area contributed by atoms with Crippen LogP contribution in [0.4, 0.5) is 0 Å². The van der Waals surface area contributed by atoms with E-state index in [4.69, 9.17) is 0 Å². The molecule has 2 N–H and O–H groups in total. The molecule has 1 amide bonds. The minimum absolute atomic E-state index is 0.123. The fourth-order valence-corrected chi connectivity index (χ4v) is 3.38. The maximum atomic E-state index is 11.0. The Balaban J connectivity index is 1.73. The Morgan fingerprint density at radius 1 is 1.12 bits per heavy atom. The molecule has 0 aromatic carbocycles. The van der Waals surface area contributed by atoms with Gasteiger partial charge < -0.3 is 10.6 Å². The van der Waals surface area contributed by atoms with Crippen LogP contribution in [0, 0.1) is 11.8 Å². The summed E-state index contributed by atoms with van der Waals surface area (Å²) in [4.78, 5) is 11.0. The van der Waals surface area contributed by atoms with Crippen LogP contribution >= 0.6 is 0 Å². The highest BCUT2D eigenvalue weighted by Crippen LogP contribution is 2.31. The molecule has 98 valence electrons. The molecule has 1 aliphatic carbocycles. The summed E-state index contributed by atoms with van der Waals surface area (Å²) in [5, 5.41) is 6.76. The molecular formula is C14H26N2O. The van der Waals surface area contributed by atoms with Crippen LogP contribution in [0.15, 0.2) is 0 Å². The van der Waals surface area contributed by atoms with Crippen LogP contribution in [0.25, 0.3) is 0 Å². The van der Waals surface area contributed by atoms with E-state index in [1.165, 1.54) is 32.2 Å². The Morgan fingerprint density at radius 3 is 2.35 bits per heavy atom.